The Morgan fingerprint density at radius 1 is 1.00 bits per heavy atom. The standard InChI is InChI=1S/C29H26ClFN6O2/c1-17-16-36(7-6-32-17)27-12-19(11-26-23(27)15-33-35(26)3)22-14-20(31)13-21(28(22)38)18-4-5-25(24(30)10-18)37-9-8-34(2)29(37)39/h4-5,8-15,38H,6-7,16H2,1-3H3. The predicted octanol–water partition coefficient (Wildman–Crippen LogP) is 5.18. The van der Waals surface area contributed by atoms with E-state index in [1.807, 2.05) is 32.3 Å². The van der Waals surface area contributed by atoms with E-state index < -0.39 is 5.82 Å². The zero-order valence-electron chi connectivity index (χ0n) is 21.7. The van der Waals surface area contributed by atoms with E-state index in [2.05, 4.69) is 15.0 Å². The van der Waals surface area contributed by atoms with Crippen molar-refractivity contribution in [1.29, 1.82) is 0 Å². The van der Waals surface area contributed by atoms with Gasteiger partial charge in [-0.15, -0.1) is 0 Å². The zero-order chi connectivity index (χ0) is 27.4. The van der Waals surface area contributed by atoms with Gasteiger partial charge in [0.1, 0.15) is 11.6 Å². The summed E-state index contributed by atoms with van der Waals surface area (Å²) >= 11 is 6.56. The smallest absolute Gasteiger partial charge is 0.332 e. The van der Waals surface area contributed by atoms with Crippen LogP contribution in [0.25, 0.3) is 38.8 Å². The lowest BCUT2D eigenvalue weighted by molar-refractivity contribution is 0.477. The number of rotatable bonds is 4. The fraction of sp³-hybridized carbons (Fsp3) is 0.207. The highest BCUT2D eigenvalue weighted by Crippen LogP contribution is 2.42. The molecular formula is C29H26ClFN6O2. The average molecular weight is 545 g/mol. The Balaban J connectivity index is 1.48. The summed E-state index contributed by atoms with van der Waals surface area (Å²) in [6.07, 6.45) is 5.10. The van der Waals surface area contributed by atoms with Crippen molar-refractivity contribution in [3.63, 3.8) is 0 Å². The number of anilines is 1. The molecule has 198 valence electrons. The number of phenols is 1. The van der Waals surface area contributed by atoms with Crippen LogP contribution in [-0.4, -0.2) is 49.4 Å². The van der Waals surface area contributed by atoms with Gasteiger partial charge in [0, 0.05) is 60.9 Å². The number of aromatic hydroxyl groups is 1. The number of benzene rings is 3. The summed E-state index contributed by atoms with van der Waals surface area (Å²) in [6, 6.07) is 11.5. The number of imidazole rings is 1. The molecule has 5 aromatic rings. The van der Waals surface area contributed by atoms with Crippen molar-refractivity contribution in [3.8, 4) is 33.7 Å². The van der Waals surface area contributed by atoms with Crippen molar-refractivity contribution >= 4 is 33.9 Å². The fourth-order valence-corrected chi connectivity index (χ4v) is 5.45. The van der Waals surface area contributed by atoms with Gasteiger partial charge in [-0.25, -0.2) is 9.18 Å². The number of aliphatic imine (C=N–C) groups is 1. The Hall–Kier alpha value is -4.37. The second kappa shape index (κ2) is 9.43. The Morgan fingerprint density at radius 2 is 1.77 bits per heavy atom. The molecule has 1 aliphatic rings. The first-order chi connectivity index (χ1) is 18.7. The maximum atomic E-state index is 15.1. The van der Waals surface area contributed by atoms with Gasteiger partial charge in [-0.2, -0.15) is 5.10 Å². The minimum absolute atomic E-state index is 0.0686. The lowest BCUT2D eigenvalue weighted by Gasteiger charge is -2.28. The second-order valence-corrected chi connectivity index (χ2v) is 10.2. The molecule has 3 heterocycles. The lowest BCUT2D eigenvalue weighted by Crippen LogP contribution is -2.35. The van der Waals surface area contributed by atoms with Gasteiger partial charge in [-0.3, -0.25) is 14.2 Å². The molecule has 0 spiro atoms. The van der Waals surface area contributed by atoms with Gasteiger partial charge in [0.15, 0.2) is 0 Å². The molecule has 39 heavy (non-hydrogen) atoms. The largest absolute Gasteiger partial charge is 0.507 e. The first-order valence-corrected chi connectivity index (χ1v) is 12.9. The molecule has 1 N–H and O–H groups in total. The van der Waals surface area contributed by atoms with E-state index in [9.17, 15) is 9.90 Å². The third-order valence-corrected chi connectivity index (χ3v) is 7.51. The second-order valence-electron chi connectivity index (χ2n) is 9.81. The molecule has 10 heteroatoms. The molecule has 2 aromatic heterocycles. The van der Waals surface area contributed by atoms with Crippen LogP contribution in [0.4, 0.5) is 10.1 Å². The normalized spacial score (nSPS) is 13.8. The quantitative estimate of drug-likeness (QED) is 0.338. The molecule has 0 atom stereocenters. The van der Waals surface area contributed by atoms with Crippen molar-refractivity contribution in [1.82, 2.24) is 18.9 Å². The van der Waals surface area contributed by atoms with Gasteiger partial charge in [0.25, 0.3) is 0 Å². The van der Waals surface area contributed by atoms with Crippen LogP contribution in [0.5, 0.6) is 5.75 Å². The van der Waals surface area contributed by atoms with Crippen molar-refractivity contribution in [2.45, 2.75) is 6.92 Å². The van der Waals surface area contributed by atoms with Crippen LogP contribution in [0.3, 0.4) is 0 Å². The minimum atomic E-state index is -0.495. The molecule has 3 aromatic carbocycles. The van der Waals surface area contributed by atoms with Crippen molar-refractivity contribution in [2.75, 3.05) is 24.5 Å². The molecule has 0 bridgehead atoms. The highest BCUT2D eigenvalue weighted by Gasteiger charge is 2.21. The van der Waals surface area contributed by atoms with E-state index in [-0.39, 0.29) is 11.4 Å². The van der Waals surface area contributed by atoms with Gasteiger partial charge in [0.05, 0.1) is 35.5 Å². The summed E-state index contributed by atoms with van der Waals surface area (Å²) in [7, 11) is 3.51. The number of hydrogen-bond donors (Lipinski definition) is 1. The van der Waals surface area contributed by atoms with Gasteiger partial charge in [-0.05, 0) is 54.4 Å². The number of hydrogen-bond acceptors (Lipinski definition) is 5. The van der Waals surface area contributed by atoms with Crippen LogP contribution < -0.4 is 10.6 Å². The molecule has 0 aliphatic carbocycles. The molecule has 0 unspecified atom stereocenters. The first kappa shape index (κ1) is 24.9. The summed E-state index contributed by atoms with van der Waals surface area (Å²) in [4.78, 5) is 19.1. The molecule has 1 aliphatic heterocycles. The first-order valence-electron chi connectivity index (χ1n) is 12.5. The molecule has 6 rings (SSSR count). The molecule has 0 fully saturated rings. The Morgan fingerprint density at radius 3 is 2.46 bits per heavy atom. The molecular weight excluding hydrogens is 519 g/mol. The Labute approximate surface area is 228 Å². The molecule has 0 saturated heterocycles. The average Bonchev–Trinajstić information content (AvgIpc) is 3.46. The van der Waals surface area contributed by atoms with E-state index in [0.29, 0.717) is 46.1 Å². The van der Waals surface area contributed by atoms with E-state index in [0.717, 1.165) is 28.8 Å². The number of phenolic OH excluding ortho intramolecular Hbond substituents is 1. The van der Waals surface area contributed by atoms with Gasteiger partial charge < -0.3 is 14.6 Å². The highest BCUT2D eigenvalue weighted by atomic mass is 35.5. The summed E-state index contributed by atoms with van der Waals surface area (Å²) in [5.74, 6) is -0.564. The van der Waals surface area contributed by atoms with E-state index >= 15 is 4.39 Å². The topological polar surface area (TPSA) is 80.6 Å². The third kappa shape index (κ3) is 4.28. The fourth-order valence-electron chi connectivity index (χ4n) is 5.18. The molecule has 8 nitrogen and oxygen atoms in total. The Bertz CT molecular complexity index is 1850. The third-order valence-electron chi connectivity index (χ3n) is 7.21. The van der Waals surface area contributed by atoms with Gasteiger partial charge in [0.2, 0.25) is 0 Å². The lowest BCUT2D eigenvalue weighted by atomic mass is 9.95. The number of halogens is 2. The summed E-state index contributed by atoms with van der Waals surface area (Å²) < 4.78 is 19.7. The van der Waals surface area contributed by atoms with Crippen LogP contribution >= 0.6 is 11.6 Å². The van der Waals surface area contributed by atoms with E-state index in [4.69, 9.17) is 11.6 Å². The monoisotopic (exact) mass is 544 g/mol. The van der Waals surface area contributed by atoms with Crippen molar-refractivity contribution in [2.24, 2.45) is 19.1 Å². The van der Waals surface area contributed by atoms with Crippen LogP contribution in [0.15, 0.2) is 70.8 Å². The minimum Gasteiger partial charge on any atom is -0.507 e. The zero-order valence-corrected chi connectivity index (χ0v) is 22.4. The maximum absolute atomic E-state index is 15.1. The molecule has 0 saturated carbocycles. The summed E-state index contributed by atoms with van der Waals surface area (Å²) in [5.41, 5.74) is 4.96. The summed E-state index contributed by atoms with van der Waals surface area (Å²) in [5, 5.41) is 17.2. The molecule has 0 amide bonds. The Kier molecular flexibility index (Phi) is 6.03. The van der Waals surface area contributed by atoms with Gasteiger partial charge >= 0.3 is 5.69 Å². The van der Waals surface area contributed by atoms with E-state index in [1.54, 1.807) is 42.3 Å². The van der Waals surface area contributed by atoms with Crippen molar-refractivity contribution < 1.29 is 9.50 Å². The number of aromatic nitrogens is 4. The number of nitrogens with zero attached hydrogens (tertiary/aromatic N) is 6. The molecule has 0 radical (unpaired) electrons. The van der Waals surface area contributed by atoms with Crippen LogP contribution in [0.2, 0.25) is 5.02 Å². The predicted molar refractivity (Wildman–Crippen MR) is 153 cm³/mol. The van der Waals surface area contributed by atoms with Crippen LogP contribution in [0.1, 0.15) is 6.92 Å². The number of aryl methyl sites for hydroxylation is 2. The summed E-state index contributed by atoms with van der Waals surface area (Å²) in [6.45, 7) is 4.13. The highest BCUT2D eigenvalue weighted by molar-refractivity contribution is 6.32. The number of fused-ring (bicyclic) bond motifs is 1. The van der Waals surface area contributed by atoms with Crippen molar-refractivity contribution in [3.05, 3.63) is 82.4 Å². The van der Waals surface area contributed by atoms with Gasteiger partial charge in [-0.1, -0.05) is 17.7 Å². The van der Waals surface area contributed by atoms with Crippen LogP contribution in [0, 0.1) is 5.82 Å². The SMILES string of the molecule is CC1=NCCN(c2cc(-c3cc(F)cc(-c4ccc(-n5ccn(C)c5=O)c(Cl)c4)c3O)cc3c2cnn3C)C1. The van der Waals surface area contributed by atoms with Crippen LogP contribution in [-0.2, 0) is 14.1 Å². The van der Waals surface area contributed by atoms with E-state index in [1.165, 1.54) is 21.3 Å². The maximum Gasteiger partial charge on any atom is 0.332 e.